The first-order valence-corrected chi connectivity index (χ1v) is 5.17. The summed E-state index contributed by atoms with van der Waals surface area (Å²) in [4.78, 5) is 23.6. The highest BCUT2D eigenvalue weighted by Crippen LogP contribution is 2.11. The number of methoxy groups -OCH3 is 1. The first-order valence-electron chi connectivity index (χ1n) is 5.17. The molecule has 1 rings (SSSR count). The van der Waals surface area contributed by atoms with Crippen molar-refractivity contribution in [1.82, 2.24) is 4.90 Å². The quantitative estimate of drug-likeness (QED) is 0.802. The Bertz CT molecular complexity index is 398. The first-order chi connectivity index (χ1) is 8.08. The summed E-state index contributed by atoms with van der Waals surface area (Å²) in [5.74, 6) is -0.830. The van der Waals surface area contributed by atoms with Crippen molar-refractivity contribution in [3.63, 3.8) is 0 Å². The van der Waals surface area contributed by atoms with Gasteiger partial charge in [-0.1, -0.05) is 0 Å². The van der Waals surface area contributed by atoms with Crippen LogP contribution in [-0.2, 0) is 16.1 Å². The predicted molar refractivity (Wildman–Crippen MR) is 58.6 cm³/mol. The van der Waals surface area contributed by atoms with Gasteiger partial charge < -0.3 is 19.2 Å². The van der Waals surface area contributed by atoms with E-state index in [0.29, 0.717) is 12.3 Å². The fraction of sp³-hybridized carbons (Fsp3) is 0.455. The third-order valence-corrected chi connectivity index (χ3v) is 2.15. The molecular formula is C11H15NO5. The van der Waals surface area contributed by atoms with Crippen LogP contribution < -0.4 is 0 Å². The number of rotatable bonds is 6. The number of furan rings is 1. The third kappa shape index (κ3) is 3.60. The zero-order valence-electron chi connectivity index (χ0n) is 9.80. The summed E-state index contributed by atoms with van der Waals surface area (Å²) in [6, 6.07) is 3.15. The molecule has 0 saturated heterocycles. The van der Waals surface area contributed by atoms with Crippen LogP contribution in [0.5, 0.6) is 0 Å². The van der Waals surface area contributed by atoms with E-state index >= 15 is 0 Å². The van der Waals surface area contributed by atoms with E-state index in [2.05, 4.69) is 0 Å². The molecule has 0 aromatic carbocycles. The van der Waals surface area contributed by atoms with E-state index in [1.165, 1.54) is 18.1 Å². The number of hydrogen-bond acceptors (Lipinski definition) is 4. The van der Waals surface area contributed by atoms with Gasteiger partial charge >= 0.3 is 5.97 Å². The highest BCUT2D eigenvalue weighted by Gasteiger charge is 2.19. The minimum Gasteiger partial charge on any atom is -0.480 e. The van der Waals surface area contributed by atoms with Crippen molar-refractivity contribution in [2.24, 2.45) is 0 Å². The molecule has 0 aliphatic carbocycles. The molecule has 1 heterocycles. The zero-order chi connectivity index (χ0) is 12.8. The second-order valence-electron chi connectivity index (χ2n) is 3.41. The van der Waals surface area contributed by atoms with Crippen molar-refractivity contribution in [2.75, 3.05) is 20.2 Å². The average Bonchev–Trinajstić information content (AvgIpc) is 2.74. The maximum Gasteiger partial charge on any atom is 0.323 e. The molecule has 1 amide bonds. The maximum absolute atomic E-state index is 11.9. The second-order valence-corrected chi connectivity index (χ2v) is 3.41. The van der Waals surface area contributed by atoms with E-state index < -0.39 is 11.9 Å². The number of hydrogen-bond donors (Lipinski definition) is 1. The first kappa shape index (κ1) is 13.2. The zero-order valence-corrected chi connectivity index (χ0v) is 9.80. The van der Waals surface area contributed by atoms with Crippen LogP contribution in [0, 0.1) is 0 Å². The number of carbonyl (C=O) groups excluding carboxylic acids is 1. The van der Waals surface area contributed by atoms with Crippen LogP contribution >= 0.6 is 0 Å². The minimum atomic E-state index is -1.05. The van der Waals surface area contributed by atoms with E-state index in [-0.39, 0.29) is 18.9 Å². The number of carboxylic acid groups (broad SMARTS) is 1. The average molecular weight is 241 g/mol. The van der Waals surface area contributed by atoms with E-state index in [9.17, 15) is 9.59 Å². The van der Waals surface area contributed by atoms with Gasteiger partial charge in [-0.2, -0.15) is 0 Å². The monoisotopic (exact) mass is 241 g/mol. The van der Waals surface area contributed by atoms with Crippen molar-refractivity contribution < 1.29 is 23.8 Å². The molecular weight excluding hydrogens is 226 g/mol. The molecule has 0 saturated carbocycles. The highest BCUT2D eigenvalue weighted by atomic mass is 16.5. The molecule has 6 nitrogen and oxygen atoms in total. The molecule has 0 aliphatic heterocycles. The molecule has 0 radical (unpaired) electrons. The van der Waals surface area contributed by atoms with Gasteiger partial charge in [-0.15, -0.1) is 0 Å². The SMILES string of the molecule is CCN(CC(=O)O)C(=O)c1ccc(COC)o1. The van der Waals surface area contributed by atoms with Crippen molar-refractivity contribution in [3.05, 3.63) is 23.7 Å². The largest absolute Gasteiger partial charge is 0.480 e. The summed E-state index contributed by atoms with van der Waals surface area (Å²) in [5.41, 5.74) is 0. The molecule has 1 aromatic heterocycles. The topological polar surface area (TPSA) is 80.0 Å². The number of aliphatic carboxylic acids is 1. The molecule has 17 heavy (non-hydrogen) atoms. The van der Waals surface area contributed by atoms with Gasteiger partial charge in [0.1, 0.15) is 18.9 Å². The summed E-state index contributed by atoms with van der Waals surface area (Å²) in [6.45, 7) is 1.96. The molecule has 1 N–H and O–H groups in total. The van der Waals surface area contributed by atoms with Gasteiger partial charge in [0.05, 0.1) is 0 Å². The number of nitrogens with zero attached hydrogens (tertiary/aromatic N) is 1. The molecule has 0 atom stereocenters. The molecule has 1 aromatic rings. The van der Waals surface area contributed by atoms with Crippen LogP contribution in [0.3, 0.4) is 0 Å². The number of carbonyl (C=O) groups is 2. The van der Waals surface area contributed by atoms with Crippen LogP contribution in [-0.4, -0.2) is 42.1 Å². The normalized spacial score (nSPS) is 10.2. The van der Waals surface area contributed by atoms with E-state index in [1.54, 1.807) is 13.0 Å². The van der Waals surface area contributed by atoms with Gasteiger partial charge in [0, 0.05) is 13.7 Å². The van der Waals surface area contributed by atoms with Crippen LogP contribution in [0.15, 0.2) is 16.5 Å². The maximum atomic E-state index is 11.9. The lowest BCUT2D eigenvalue weighted by Gasteiger charge is -2.16. The second kappa shape index (κ2) is 6.05. The Kier molecular flexibility index (Phi) is 4.71. The minimum absolute atomic E-state index is 0.125. The van der Waals surface area contributed by atoms with Gasteiger partial charge in [0.25, 0.3) is 5.91 Å². The van der Waals surface area contributed by atoms with Crippen molar-refractivity contribution in [3.8, 4) is 0 Å². The summed E-state index contributed by atoms with van der Waals surface area (Å²) in [5, 5.41) is 8.66. The van der Waals surface area contributed by atoms with Gasteiger partial charge in [0.15, 0.2) is 5.76 Å². The van der Waals surface area contributed by atoms with E-state index in [4.69, 9.17) is 14.3 Å². The van der Waals surface area contributed by atoms with Crippen molar-refractivity contribution in [2.45, 2.75) is 13.5 Å². The fourth-order valence-electron chi connectivity index (χ4n) is 1.36. The molecule has 0 fully saturated rings. The van der Waals surface area contributed by atoms with Crippen LogP contribution in [0.2, 0.25) is 0 Å². The van der Waals surface area contributed by atoms with Gasteiger partial charge in [-0.05, 0) is 19.1 Å². The van der Waals surface area contributed by atoms with Crippen LogP contribution in [0.4, 0.5) is 0 Å². The molecule has 6 heteroatoms. The Morgan fingerprint density at radius 2 is 2.18 bits per heavy atom. The van der Waals surface area contributed by atoms with Gasteiger partial charge in [0.2, 0.25) is 0 Å². The lowest BCUT2D eigenvalue weighted by atomic mass is 10.3. The van der Waals surface area contributed by atoms with Gasteiger partial charge in [-0.25, -0.2) is 0 Å². The standard InChI is InChI=1S/C11H15NO5/c1-3-12(6-10(13)14)11(15)9-5-4-8(17-9)7-16-2/h4-5H,3,6-7H2,1-2H3,(H,13,14). The van der Waals surface area contributed by atoms with Crippen LogP contribution in [0.1, 0.15) is 23.2 Å². The summed E-state index contributed by atoms with van der Waals surface area (Å²) < 4.78 is 10.1. The number of amides is 1. The summed E-state index contributed by atoms with van der Waals surface area (Å²) in [7, 11) is 1.52. The van der Waals surface area contributed by atoms with Crippen molar-refractivity contribution >= 4 is 11.9 Å². The molecule has 0 spiro atoms. The Balaban J connectivity index is 2.75. The molecule has 0 aliphatic rings. The Labute approximate surface area is 98.8 Å². The molecule has 94 valence electrons. The lowest BCUT2D eigenvalue weighted by molar-refractivity contribution is -0.137. The number of carboxylic acids is 1. The third-order valence-electron chi connectivity index (χ3n) is 2.15. The smallest absolute Gasteiger partial charge is 0.323 e. The Morgan fingerprint density at radius 1 is 1.47 bits per heavy atom. The van der Waals surface area contributed by atoms with E-state index in [0.717, 1.165) is 0 Å². The van der Waals surface area contributed by atoms with Crippen LogP contribution in [0.25, 0.3) is 0 Å². The predicted octanol–water partition coefficient (Wildman–Crippen LogP) is 0.973. The summed E-state index contributed by atoms with van der Waals surface area (Å²) >= 11 is 0. The number of likely N-dealkylation sites (N-methyl/N-ethyl adjacent to an activating group) is 1. The van der Waals surface area contributed by atoms with E-state index in [1.807, 2.05) is 0 Å². The lowest BCUT2D eigenvalue weighted by Crippen LogP contribution is -2.35. The highest BCUT2D eigenvalue weighted by molar-refractivity contribution is 5.93. The summed E-state index contributed by atoms with van der Waals surface area (Å²) in [6.07, 6.45) is 0. The molecule has 0 bridgehead atoms. The Morgan fingerprint density at radius 3 is 2.71 bits per heavy atom. The van der Waals surface area contributed by atoms with Crippen molar-refractivity contribution in [1.29, 1.82) is 0 Å². The number of ether oxygens (including phenoxy) is 1. The van der Waals surface area contributed by atoms with Gasteiger partial charge in [-0.3, -0.25) is 9.59 Å². The fourth-order valence-corrected chi connectivity index (χ4v) is 1.36. The Hall–Kier alpha value is -1.82. The molecule has 0 unspecified atom stereocenters.